The van der Waals surface area contributed by atoms with Crippen LogP contribution < -0.4 is 0 Å². The number of rotatable bonds is 9. The SMILES string of the molecule is CCCCCc1ccc(C2=CCC(OC(=O)c3ccc(-c4ccc(CC)c(F)c4F)c(F)c3F)CC2)c(F)c1F. The molecule has 0 aliphatic heterocycles. The molecular formula is C32H30F6O2. The molecule has 212 valence electrons. The van der Waals surface area contributed by atoms with Crippen molar-refractivity contribution in [2.24, 2.45) is 0 Å². The highest BCUT2D eigenvalue weighted by Crippen LogP contribution is 2.34. The fourth-order valence-electron chi connectivity index (χ4n) is 4.96. The highest BCUT2D eigenvalue weighted by molar-refractivity contribution is 5.90. The Labute approximate surface area is 229 Å². The molecule has 3 aromatic rings. The minimum absolute atomic E-state index is 0.0966. The van der Waals surface area contributed by atoms with E-state index in [2.05, 4.69) is 0 Å². The first-order chi connectivity index (χ1) is 19.2. The first-order valence-electron chi connectivity index (χ1n) is 13.5. The maximum Gasteiger partial charge on any atom is 0.341 e. The van der Waals surface area contributed by atoms with Gasteiger partial charge >= 0.3 is 5.97 Å². The van der Waals surface area contributed by atoms with Crippen molar-refractivity contribution in [3.8, 4) is 11.1 Å². The molecule has 0 N–H and O–H groups in total. The van der Waals surface area contributed by atoms with Crippen LogP contribution in [-0.2, 0) is 17.6 Å². The first-order valence-corrected chi connectivity index (χ1v) is 13.5. The molecule has 1 atom stereocenters. The Morgan fingerprint density at radius 1 is 0.750 bits per heavy atom. The van der Waals surface area contributed by atoms with Crippen LogP contribution in [-0.4, -0.2) is 12.1 Å². The molecule has 2 nitrogen and oxygen atoms in total. The summed E-state index contributed by atoms with van der Waals surface area (Å²) in [4.78, 5) is 12.6. The van der Waals surface area contributed by atoms with Crippen molar-refractivity contribution in [2.75, 3.05) is 0 Å². The van der Waals surface area contributed by atoms with E-state index in [-0.39, 0.29) is 36.8 Å². The van der Waals surface area contributed by atoms with Gasteiger partial charge in [0.1, 0.15) is 6.10 Å². The number of unbranched alkanes of at least 4 members (excludes halogenated alkanes) is 2. The summed E-state index contributed by atoms with van der Waals surface area (Å²) in [6.07, 6.45) is 5.06. The number of carbonyl (C=O) groups excluding carboxylic acids is 1. The van der Waals surface area contributed by atoms with Crippen molar-refractivity contribution in [1.29, 1.82) is 0 Å². The molecule has 40 heavy (non-hydrogen) atoms. The van der Waals surface area contributed by atoms with E-state index in [0.717, 1.165) is 37.5 Å². The summed E-state index contributed by atoms with van der Waals surface area (Å²) in [5.74, 6) is -8.36. The minimum Gasteiger partial charge on any atom is -0.458 e. The highest BCUT2D eigenvalue weighted by Gasteiger charge is 2.27. The molecule has 0 aromatic heterocycles. The summed E-state index contributed by atoms with van der Waals surface area (Å²) in [5, 5.41) is 0. The van der Waals surface area contributed by atoms with Crippen LogP contribution in [0.4, 0.5) is 26.3 Å². The van der Waals surface area contributed by atoms with E-state index in [0.29, 0.717) is 17.6 Å². The quantitative estimate of drug-likeness (QED) is 0.148. The van der Waals surface area contributed by atoms with Crippen LogP contribution in [0.5, 0.6) is 0 Å². The van der Waals surface area contributed by atoms with Gasteiger partial charge in [-0.1, -0.05) is 63.1 Å². The van der Waals surface area contributed by atoms with Gasteiger partial charge in [0, 0.05) is 23.1 Å². The van der Waals surface area contributed by atoms with Crippen LogP contribution >= 0.6 is 0 Å². The fraction of sp³-hybridized carbons (Fsp3) is 0.344. The van der Waals surface area contributed by atoms with Crippen molar-refractivity contribution in [1.82, 2.24) is 0 Å². The Hall–Kier alpha value is -3.55. The molecule has 0 fully saturated rings. The van der Waals surface area contributed by atoms with Crippen molar-refractivity contribution in [3.63, 3.8) is 0 Å². The van der Waals surface area contributed by atoms with Crippen LogP contribution in [0.2, 0.25) is 0 Å². The van der Waals surface area contributed by atoms with E-state index in [1.807, 2.05) is 6.92 Å². The zero-order valence-electron chi connectivity index (χ0n) is 22.4. The Morgan fingerprint density at radius 2 is 1.35 bits per heavy atom. The first kappa shape index (κ1) is 29.4. The Balaban J connectivity index is 1.46. The standard InChI is InChI=1S/C32H30F6O2/c1-3-5-6-7-20-11-14-22(28(35)27(20)34)19-8-12-21(13-9-19)40-32(39)25-17-16-24(30(37)31(25)38)23-15-10-18(4-2)26(33)29(23)36/h8,10-11,14-17,21H,3-7,9,12-13H2,1-2H3. The molecule has 0 saturated heterocycles. The third-order valence-corrected chi connectivity index (χ3v) is 7.33. The fourth-order valence-corrected chi connectivity index (χ4v) is 4.96. The number of hydrogen-bond donors (Lipinski definition) is 0. The van der Waals surface area contributed by atoms with Gasteiger partial charge in [-0.3, -0.25) is 0 Å². The maximum absolute atomic E-state index is 14.9. The van der Waals surface area contributed by atoms with Gasteiger partial charge in [0.15, 0.2) is 34.9 Å². The van der Waals surface area contributed by atoms with Gasteiger partial charge in [0.25, 0.3) is 0 Å². The largest absolute Gasteiger partial charge is 0.458 e. The number of hydrogen-bond acceptors (Lipinski definition) is 2. The van der Waals surface area contributed by atoms with E-state index < -0.39 is 63.7 Å². The van der Waals surface area contributed by atoms with E-state index >= 15 is 0 Å². The average molecular weight is 561 g/mol. The average Bonchev–Trinajstić information content (AvgIpc) is 2.95. The second-order valence-corrected chi connectivity index (χ2v) is 9.93. The summed E-state index contributed by atoms with van der Waals surface area (Å²) < 4.78 is 93.1. The van der Waals surface area contributed by atoms with Gasteiger partial charge in [-0.05, 0) is 54.9 Å². The molecule has 1 unspecified atom stereocenters. The van der Waals surface area contributed by atoms with Crippen LogP contribution in [0.15, 0.2) is 42.5 Å². The normalized spacial score (nSPS) is 15.2. The van der Waals surface area contributed by atoms with Crippen LogP contribution in [0.1, 0.15) is 79.4 Å². The molecule has 0 amide bonds. The summed E-state index contributed by atoms with van der Waals surface area (Å²) in [6.45, 7) is 3.66. The lowest BCUT2D eigenvalue weighted by atomic mass is 9.90. The zero-order chi connectivity index (χ0) is 29.0. The van der Waals surface area contributed by atoms with Gasteiger partial charge in [-0.25, -0.2) is 31.1 Å². The van der Waals surface area contributed by atoms with E-state index in [9.17, 15) is 31.1 Å². The van der Waals surface area contributed by atoms with Crippen molar-refractivity contribution >= 4 is 11.5 Å². The monoisotopic (exact) mass is 560 g/mol. The van der Waals surface area contributed by atoms with Gasteiger partial charge in [0.05, 0.1) is 5.56 Å². The van der Waals surface area contributed by atoms with Gasteiger partial charge in [-0.15, -0.1) is 0 Å². The van der Waals surface area contributed by atoms with Gasteiger partial charge in [0.2, 0.25) is 0 Å². The topological polar surface area (TPSA) is 26.3 Å². The van der Waals surface area contributed by atoms with Crippen LogP contribution in [0.25, 0.3) is 16.7 Å². The van der Waals surface area contributed by atoms with Crippen LogP contribution in [0, 0.1) is 34.9 Å². The smallest absolute Gasteiger partial charge is 0.341 e. The number of benzene rings is 3. The number of allylic oxidation sites excluding steroid dienone is 1. The number of ether oxygens (including phenoxy) is 1. The van der Waals surface area contributed by atoms with Crippen LogP contribution in [0.3, 0.4) is 0 Å². The maximum atomic E-state index is 14.9. The lowest BCUT2D eigenvalue weighted by Crippen LogP contribution is -2.21. The van der Waals surface area contributed by atoms with E-state index in [1.54, 1.807) is 25.1 Å². The summed E-state index contributed by atoms with van der Waals surface area (Å²) >= 11 is 0. The molecule has 8 heteroatoms. The molecule has 3 aromatic carbocycles. The van der Waals surface area contributed by atoms with Crippen molar-refractivity contribution < 1.29 is 35.9 Å². The van der Waals surface area contributed by atoms with Gasteiger partial charge < -0.3 is 4.74 Å². The van der Waals surface area contributed by atoms with E-state index in [1.165, 1.54) is 6.07 Å². The molecule has 0 saturated carbocycles. The number of aryl methyl sites for hydroxylation is 2. The second-order valence-electron chi connectivity index (χ2n) is 9.93. The highest BCUT2D eigenvalue weighted by atomic mass is 19.2. The van der Waals surface area contributed by atoms with Gasteiger partial charge in [-0.2, -0.15) is 0 Å². The molecule has 0 heterocycles. The second kappa shape index (κ2) is 12.7. The predicted octanol–water partition coefficient (Wildman–Crippen LogP) is 9.28. The molecule has 0 radical (unpaired) electrons. The van der Waals surface area contributed by atoms with Crippen molar-refractivity contribution in [2.45, 2.75) is 71.3 Å². The molecule has 1 aliphatic carbocycles. The van der Waals surface area contributed by atoms with E-state index in [4.69, 9.17) is 4.74 Å². The molecular weight excluding hydrogens is 530 g/mol. The molecule has 4 rings (SSSR count). The number of halogens is 6. The Kier molecular flexibility index (Phi) is 9.38. The molecule has 1 aliphatic rings. The lowest BCUT2D eigenvalue weighted by Gasteiger charge is -2.23. The lowest BCUT2D eigenvalue weighted by molar-refractivity contribution is 0.0279. The minimum atomic E-state index is -1.54. The number of esters is 1. The van der Waals surface area contributed by atoms with Crippen molar-refractivity contribution in [3.05, 3.63) is 99.6 Å². The third kappa shape index (κ3) is 5.96. The Morgan fingerprint density at radius 3 is 2.00 bits per heavy atom. The Bertz CT molecular complexity index is 1450. The molecule has 0 spiro atoms. The zero-order valence-corrected chi connectivity index (χ0v) is 22.4. The summed E-state index contributed by atoms with van der Waals surface area (Å²) in [6, 6.07) is 7.57. The third-order valence-electron chi connectivity index (χ3n) is 7.33. The molecule has 0 bridgehead atoms. The summed E-state index contributed by atoms with van der Waals surface area (Å²) in [7, 11) is 0. The number of carbonyl (C=O) groups is 1. The summed E-state index contributed by atoms with van der Waals surface area (Å²) in [5.41, 5.74) is -0.510. The predicted molar refractivity (Wildman–Crippen MR) is 142 cm³/mol.